The number of nitrogens with one attached hydrogen (secondary N) is 2. The molecule has 3 nitrogen and oxygen atoms in total. The second-order valence-corrected chi connectivity index (χ2v) is 4.99. The van der Waals surface area contributed by atoms with Crippen LogP contribution in [0.15, 0.2) is 18.2 Å². The highest BCUT2D eigenvalue weighted by molar-refractivity contribution is 5.94. The van der Waals surface area contributed by atoms with E-state index in [4.69, 9.17) is 0 Å². The summed E-state index contributed by atoms with van der Waals surface area (Å²) in [6.07, 6.45) is 0.889. The molecule has 5 heteroatoms. The quantitative estimate of drug-likeness (QED) is 0.876. The first-order valence-corrected chi connectivity index (χ1v) is 6.36. The zero-order chi connectivity index (χ0) is 13.1. The molecule has 2 unspecified atom stereocenters. The summed E-state index contributed by atoms with van der Waals surface area (Å²) in [7, 11) is 0. The maximum atomic E-state index is 13.8. The number of halogens is 2. The Hall–Kier alpha value is -1.13. The third-order valence-corrected chi connectivity index (χ3v) is 3.54. The third-order valence-electron chi connectivity index (χ3n) is 3.54. The Morgan fingerprint density at radius 1 is 1.47 bits per heavy atom. The van der Waals surface area contributed by atoms with Gasteiger partial charge in [0.2, 0.25) is 0 Å². The molecule has 1 aliphatic rings. The maximum Gasteiger partial charge on any atom is 0.254 e. The van der Waals surface area contributed by atoms with Crippen molar-refractivity contribution in [1.29, 1.82) is 0 Å². The van der Waals surface area contributed by atoms with Gasteiger partial charge in [0, 0.05) is 6.04 Å². The third kappa shape index (κ3) is 3.67. The number of benzene rings is 1. The average Bonchev–Trinajstić information content (AvgIpc) is 2.35. The molecule has 0 radical (unpaired) electrons. The summed E-state index contributed by atoms with van der Waals surface area (Å²) in [6.45, 7) is 5.54. The van der Waals surface area contributed by atoms with E-state index in [9.17, 15) is 9.18 Å². The Balaban J connectivity index is 0.00000180. The van der Waals surface area contributed by atoms with Crippen molar-refractivity contribution in [2.24, 2.45) is 5.92 Å². The Morgan fingerprint density at radius 2 is 2.21 bits per heavy atom. The van der Waals surface area contributed by atoms with Gasteiger partial charge in [0.1, 0.15) is 5.82 Å². The highest BCUT2D eigenvalue weighted by Gasteiger charge is 2.24. The van der Waals surface area contributed by atoms with E-state index in [1.165, 1.54) is 6.07 Å². The minimum atomic E-state index is -0.420. The first-order valence-electron chi connectivity index (χ1n) is 6.36. The first kappa shape index (κ1) is 15.9. The minimum absolute atomic E-state index is 0. The van der Waals surface area contributed by atoms with Gasteiger partial charge in [0.05, 0.1) is 5.56 Å². The molecule has 0 saturated carbocycles. The number of hydrogen-bond acceptors (Lipinski definition) is 2. The van der Waals surface area contributed by atoms with Gasteiger partial charge in [-0.25, -0.2) is 4.39 Å². The fraction of sp³-hybridized carbons (Fsp3) is 0.500. The summed E-state index contributed by atoms with van der Waals surface area (Å²) in [5.41, 5.74) is 0.641. The summed E-state index contributed by atoms with van der Waals surface area (Å²) in [4.78, 5) is 12.1. The standard InChI is InChI=1S/C14H19FN2O.ClH/c1-9-4-3-5-11(13(9)15)14(18)17-12-6-7-16-8-10(12)2;/h3-5,10,12,16H,6-8H2,1-2H3,(H,17,18);1H. The van der Waals surface area contributed by atoms with E-state index >= 15 is 0 Å². The van der Waals surface area contributed by atoms with Crippen molar-refractivity contribution < 1.29 is 9.18 Å². The van der Waals surface area contributed by atoms with Crippen LogP contribution in [-0.2, 0) is 0 Å². The van der Waals surface area contributed by atoms with Crippen LogP contribution in [0.1, 0.15) is 29.3 Å². The van der Waals surface area contributed by atoms with Crippen LogP contribution in [0, 0.1) is 18.7 Å². The lowest BCUT2D eigenvalue weighted by atomic mass is 9.95. The van der Waals surface area contributed by atoms with Gasteiger partial charge < -0.3 is 10.6 Å². The zero-order valence-electron chi connectivity index (χ0n) is 11.2. The second kappa shape index (κ2) is 6.87. The second-order valence-electron chi connectivity index (χ2n) is 4.99. The van der Waals surface area contributed by atoms with Crippen LogP contribution >= 0.6 is 12.4 Å². The smallest absolute Gasteiger partial charge is 0.254 e. The molecule has 0 spiro atoms. The number of hydrogen-bond donors (Lipinski definition) is 2. The maximum absolute atomic E-state index is 13.8. The number of carbonyl (C=O) groups is 1. The van der Waals surface area contributed by atoms with E-state index in [1.807, 2.05) is 0 Å². The summed E-state index contributed by atoms with van der Waals surface area (Å²) in [5, 5.41) is 6.21. The van der Waals surface area contributed by atoms with Gasteiger partial charge in [-0.2, -0.15) is 0 Å². The van der Waals surface area contributed by atoms with Crippen molar-refractivity contribution in [1.82, 2.24) is 10.6 Å². The lowest BCUT2D eigenvalue weighted by molar-refractivity contribution is 0.0910. The number of amides is 1. The molecule has 2 N–H and O–H groups in total. The molecule has 0 aliphatic carbocycles. The topological polar surface area (TPSA) is 41.1 Å². The predicted molar refractivity (Wildman–Crippen MR) is 76.3 cm³/mol. The molecule has 0 aromatic heterocycles. The van der Waals surface area contributed by atoms with E-state index in [0.717, 1.165) is 19.5 Å². The molecule has 1 amide bonds. The van der Waals surface area contributed by atoms with Crippen molar-refractivity contribution >= 4 is 18.3 Å². The Morgan fingerprint density at radius 3 is 2.89 bits per heavy atom. The molecule has 1 aromatic rings. The Labute approximate surface area is 119 Å². The van der Waals surface area contributed by atoms with E-state index in [1.54, 1.807) is 19.1 Å². The molecule has 19 heavy (non-hydrogen) atoms. The van der Waals surface area contributed by atoms with Crippen molar-refractivity contribution in [3.8, 4) is 0 Å². The molecule has 2 atom stereocenters. The van der Waals surface area contributed by atoms with Gasteiger partial charge in [0.15, 0.2) is 0 Å². The van der Waals surface area contributed by atoms with Crippen LogP contribution in [-0.4, -0.2) is 25.0 Å². The number of rotatable bonds is 2. The van der Waals surface area contributed by atoms with Gasteiger partial charge in [-0.15, -0.1) is 12.4 Å². The highest BCUT2D eigenvalue weighted by Crippen LogP contribution is 2.15. The van der Waals surface area contributed by atoms with Crippen LogP contribution in [0.5, 0.6) is 0 Å². The summed E-state index contributed by atoms with van der Waals surface area (Å²) >= 11 is 0. The molecular formula is C14H20ClFN2O. The molecule has 2 rings (SSSR count). The van der Waals surface area contributed by atoms with Crippen molar-refractivity contribution in [2.45, 2.75) is 26.3 Å². The SMILES string of the molecule is Cc1cccc(C(=O)NC2CCNCC2C)c1F.Cl. The Kier molecular flexibility index (Phi) is 5.76. The van der Waals surface area contributed by atoms with Gasteiger partial charge in [-0.3, -0.25) is 4.79 Å². The highest BCUT2D eigenvalue weighted by atomic mass is 35.5. The first-order chi connectivity index (χ1) is 8.59. The predicted octanol–water partition coefficient (Wildman–Crippen LogP) is 2.28. The minimum Gasteiger partial charge on any atom is -0.349 e. The van der Waals surface area contributed by atoms with Crippen LogP contribution in [0.3, 0.4) is 0 Å². The molecular weight excluding hydrogens is 267 g/mol. The molecule has 1 heterocycles. The monoisotopic (exact) mass is 286 g/mol. The fourth-order valence-electron chi connectivity index (χ4n) is 2.30. The van der Waals surface area contributed by atoms with Gasteiger partial charge in [-0.1, -0.05) is 19.1 Å². The molecule has 1 aromatic carbocycles. The van der Waals surface area contributed by atoms with Gasteiger partial charge in [0.25, 0.3) is 5.91 Å². The lowest BCUT2D eigenvalue weighted by Crippen LogP contribution is -2.48. The summed E-state index contributed by atoms with van der Waals surface area (Å²) in [5.74, 6) is -0.359. The fourth-order valence-corrected chi connectivity index (χ4v) is 2.30. The van der Waals surface area contributed by atoms with Crippen molar-refractivity contribution in [2.75, 3.05) is 13.1 Å². The summed E-state index contributed by atoms with van der Waals surface area (Å²) in [6, 6.07) is 5.03. The van der Waals surface area contributed by atoms with E-state index in [-0.39, 0.29) is 29.9 Å². The van der Waals surface area contributed by atoms with Crippen molar-refractivity contribution in [3.63, 3.8) is 0 Å². The normalized spacial score (nSPS) is 22.5. The van der Waals surface area contributed by atoms with Gasteiger partial charge >= 0.3 is 0 Å². The summed E-state index contributed by atoms with van der Waals surface area (Å²) < 4.78 is 13.8. The zero-order valence-corrected chi connectivity index (χ0v) is 12.0. The molecule has 0 bridgehead atoms. The van der Waals surface area contributed by atoms with Crippen LogP contribution in [0.4, 0.5) is 4.39 Å². The molecule has 1 saturated heterocycles. The van der Waals surface area contributed by atoms with E-state index in [2.05, 4.69) is 17.6 Å². The molecule has 1 aliphatic heterocycles. The average molecular weight is 287 g/mol. The van der Waals surface area contributed by atoms with Crippen LogP contribution in [0.2, 0.25) is 0 Å². The van der Waals surface area contributed by atoms with Crippen LogP contribution in [0.25, 0.3) is 0 Å². The largest absolute Gasteiger partial charge is 0.349 e. The number of aryl methyl sites for hydroxylation is 1. The van der Waals surface area contributed by atoms with Crippen LogP contribution < -0.4 is 10.6 Å². The van der Waals surface area contributed by atoms with Crippen molar-refractivity contribution in [3.05, 3.63) is 35.1 Å². The number of piperidine rings is 1. The molecule has 1 fully saturated rings. The van der Waals surface area contributed by atoms with E-state index < -0.39 is 5.82 Å². The number of carbonyl (C=O) groups excluding carboxylic acids is 1. The van der Waals surface area contributed by atoms with Gasteiger partial charge in [-0.05, 0) is 44.0 Å². The van der Waals surface area contributed by atoms with E-state index in [0.29, 0.717) is 11.5 Å². The molecule has 106 valence electrons. The Bertz CT molecular complexity index is 453. The lowest BCUT2D eigenvalue weighted by Gasteiger charge is -2.30.